The highest BCUT2D eigenvalue weighted by Gasteiger charge is 2.02. The molecule has 1 rings (SSSR count). The molecule has 0 radical (unpaired) electrons. The van der Waals surface area contributed by atoms with Crippen molar-refractivity contribution in [2.75, 3.05) is 13.2 Å². The lowest BCUT2D eigenvalue weighted by atomic mass is 10.6. The number of esters is 1. The zero-order valence-electron chi connectivity index (χ0n) is 7.32. The van der Waals surface area contributed by atoms with Crippen LogP contribution in [0.5, 0.6) is 0 Å². The quantitative estimate of drug-likeness (QED) is 0.647. The average Bonchev–Trinajstić information content (AvgIpc) is 2.57. The first-order chi connectivity index (χ1) is 6.33. The first-order valence-electron chi connectivity index (χ1n) is 3.90. The fourth-order valence-electron chi connectivity index (χ4n) is 0.734. The van der Waals surface area contributed by atoms with Gasteiger partial charge in [-0.15, -0.1) is 0 Å². The monoisotopic (exact) mass is 185 g/mol. The van der Waals surface area contributed by atoms with Crippen molar-refractivity contribution in [2.24, 2.45) is 0 Å². The normalized spacial score (nSPS) is 9.92. The van der Waals surface area contributed by atoms with E-state index < -0.39 is 0 Å². The Hall–Kier alpha value is -1.43. The van der Waals surface area contributed by atoms with E-state index >= 15 is 0 Å². The Balaban J connectivity index is 2.11. The Morgan fingerprint density at radius 3 is 3.15 bits per heavy atom. The largest absolute Gasteiger partial charge is 0.464 e. The second-order valence-electron chi connectivity index (χ2n) is 2.23. The van der Waals surface area contributed by atoms with Crippen LogP contribution in [0.15, 0.2) is 6.33 Å². The highest BCUT2D eigenvalue weighted by atomic mass is 16.6. The number of hydrogen-bond donors (Lipinski definition) is 1. The topological polar surface area (TPSA) is 77.1 Å². The Labute approximate surface area is 75.3 Å². The molecule has 0 spiro atoms. The lowest BCUT2D eigenvalue weighted by molar-refractivity contribution is -0.148. The molecule has 0 atom stereocenters. The number of carbonyl (C=O) groups is 1. The Bertz CT molecular complexity index is 247. The van der Waals surface area contributed by atoms with Crippen molar-refractivity contribution < 1.29 is 14.3 Å². The summed E-state index contributed by atoms with van der Waals surface area (Å²) in [6.07, 6.45) is 1.38. The predicted molar refractivity (Wildman–Crippen MR) is 42.7 cm³/mol. The van der Waals surface area contributed by atoms with Gasteiger partial charge in [-0.3, -0.25) is 5.10 Å². The first kappa shape index (κ1) is 9.66. The van der Waals surface area contributed by atoms with E-state index in [-0.39, 0.29) is 19.2 Å². The molecule has 6 nitrogen and oxygen atoms in total. The van der Waals surface area contributed by atoms with Crippen LogP contribution in [-0.2, 0) is 20.9 Å². The molecule has 1 aromatic heterocycles. The van der Waals surface area contributed by atoms with Gasteiger partial charge < -0.3 is 9.47 Å². The molecule has 0 saturated carbocycles. The number of nitrogens with one attached hydrogen (secondary N) is 1. The summed E-state index contributed by atoms with van der Waals surface area (Å²) in [5, 5.41) is 6.23. The molecule has 0 unspecified atom stereocenters. The molecule has 0 fully saturated rings. The molecule has 0 saturated heterocycles. The molecule has 0 bridgehead atoms. The van der Waals surface area contributed by atoms with E-state index in [1.807, 2.05) is 0 Å². The van der Waals surface area contributed by atoms with Gasteiger partial charge in [0.2, 0.25) is 0 Å². The number of H-pyrrole nitrogens is 1. The van der Waals surface area contributed by atoms with Gasteiger partial charge in [0, 0.05) is 0 Å². The number of hydrogen-bond acceptors (Lipinski definition) is 5. The van der Waals surface area contributed by atoms with Gasteiger partial charge in [0.1, 0.15) is 25.4 Å². The second kappa shape index (κ2) is 5.26. The number of aromatic amines is 1. The van der Waals surface area contributed by atoms with E-state index in [2.05, 4.69) is 19.9 Å². The number of nitrogens with zero attached hydrogens (tertiary/aromatic N) is 2. The zero-order chi connectivity index (χ0) is 9.52. The Kier molecular flexibility index (Phi) is 3.90. The van der Waals surface area contributed by atoms with Crippen molar-refractivity contribution in [3.05, 3.63) is 12.2 Å². The lowest BCUT2D eigenvalue weighted by Crippen LogP contribution is -2.12. The molecule has 13 heavy (non-hydrogen) atoms. The molecule has 72 valence electrons. The van der Waals surface area contributed by atoms with Crippen LogP contribution in [0, 0.1) is 0 Å². The minimum absolute atomic E-state index is 0.0610. The van der Waals surface area contributed by atoms with E-state index in [1.165, 1.54) is 6.33 Å². The van der Waals surface area contributed by atoms with E-state index in [0.717, 1.165) is 0 Å². The second-order valence-corrected chi connectivity index (χ2v) is 2.23. The number of ether oxygens (including phenoxy) is 2. The molecule has 6 heteroatoms. The van der Waals surface area contributed by atoms with Crippen molar-refractivity contribution in [3.63, 3.8) is 0 Å². The van der Waals surface area contributed by atoms with Gasteiger partial charge in [-0.2, -0.15) is 5.10 Å². The van der Waals surface area contributed by atoms with Crippen molar-refractivity contribution in [3.8, 4) is 0 Å². The van der Waals surface area contributed by atoms with Crippen LogP contribution in [-0.4, -0.2) is 34.4 Å². The fourth-order valence-corrected chi connectivity index (χ4v) is 0.734. The van der Waals surface area contributed by atoms with Gasteiger partial charge in [0.05, 0.1) is 6.61 Å². The molecule has 0 aromatic carbocycles. The molecular formula is C7H11N3O3. The molecule has 1 heterocycles. The number of carbonyl (C=O) groups excluding carboxylic acids is 1. The number of aromatic nitrogens is 3. The van der Waals surface area contributed by atoms with Crippen molar-refractivity contribution in [2.45, 2.75) is 13.5 Å². The summed E-state index contributed by atoms with van der Waals surface area (Å²) in [4.78, 5) is 14.6. The summed E-state index contributed by atoms with van der Waals surface area (Å²) in [6, 6.07) is 0. The maximum absolute atomic E-state index is 10.8. The summed E-state index contributed by atoms with van der Waals surface area (Å²) in [5.41, 5.74) is 0. The van der Waals surface area contributed by atoms with Gasteiger partial charge in [-0.05, 0) is 6.92 Å². The van der Waals surface area contributed by atoms with Crippen molar-refractivity contribution >= 4 is 5.97 Å². The maximum Gasteiger partial charge on any atom is 0.332 e. The van der Waals surface area contributed by atoms with Crippen LogP contribution < -0.4 is 0 Å². The molecule has 0 amide bonds. The summed E-state index contributed by atoms with van der Waals surface area (Å²) in [7, 11) is 0. The van der Waals surface area contributed by atoms with E-state index in [4.69, 9.17) is 4.74 Å². The SMILES string of the molecule is CCOC(=O)COCc1ncn[nH]1. The third-order valence-corrected chi connectivity index (χ3v) is 1.23. The van der Waals surface area contributed by atoms with Crippen LogP contribution in [0.3, 0.4) is 0 Å². The van der Waals surface area contributed by atoms with Gasteiger partial charge >= 0.3 is 5.97 Å². The van der Waals surface area contributed by atoms with Gasteiger partial charge in [0.15, 0.2) is 0 Å². The fraction of sp³-hybridized carbons (Fsp3) is 0.571. The van der Waals surface area contributed by atoms with Gasteiger partial charge in [-0.25, -0.2) is 9.78 Å². The third-order valence-electron chi connectivity index (χ3n) is 1.23. The van der Waals surface area contributed by atoms with Crippen LogP contribution >= 0.6 is 0 Å². The van der Waals surface area contributed by atoms with Crippen LogP contribution in [0.4, 0.5) is 0 Å². The molecule has 1 N–H and O–H groups in total. The van der Waals surface area contributed by atoms with Crippen molar-refractivity contribution in [1.82, 2.24) is 15.2 Å². The molecular weight excluding hydrogens is 174 g/mol. The minimum atomic E-state index is -0.373. The van der Waals surface area contributed by atoms with Crippen molar-refractivity contribution in [1.29, 1.82) is 0 Å². The first-order valence-corrected chi connectivity index (χ1v) is 3.90. The van der Waals surface area contributed by atoms with Crippen LogP contribution in [0.2, 0.25) is 0 Å². The van der Waals surface area contributed by atoms with Gasteiger partial charge in [-0.1, -0.05) is 0 Å². The Morgan fingerprint density at radius 1 is 1.69 bits per heavy atom. The molecule has 0 aliphatic carbocycles. The zero-order valence-corrected chi connectivity index (χ0v) is 7.32. The molecule has 1 aromatic rings. The number of rotatable bonds is 5. The summed E-state index contributed by atoms with van der Waals surface area (Å²) >= 11 is 0. The predicted octanol–water partition coefficient (Wildman–Crippen LogP) is -0.116. The highest BCUT2D eigenvalue weighted by Crippen LogP contribution is 1.90. The van der Waals surface area contributed by atoms with E-state index in [9.17, 15) is 4.79 Å². The standard InChI is InChI=1S/C7H11N3O3/c1-2-13-7(11)4-12-3-6-8-5-9-10-6/h5H,2-4H2,1H3,(H,8,9,10). The summed E-state index contributed by atoms with van der Waals surface area (Å²) in [5.74, 6) is 0.214. The summed E-state index contributed by atoms with van der Waals surface area (Å²) in [6.45, 7) is 2.28. The van der Waals surface area contributed by atoms with Gasteiger partial charge in [0.25, 0.3) is 0 Å². The maximum atomic E-state index is 10.8. The van der Waals surface area contributed by atoms with E-state index in [1.54, 1.807) is 6.92 Å². The summed E-state index contributed by atoms with van der Waals surface area (Å²) < 4.78 is 9.64. The smallest absolute Gasteiger partial charge is 0.332 e. The minimum Gasteiger partial charge on any atom is -0.464 e. The van der Waals surface area contributed by atoms with E-state index in [0.29, 0.717) is 12.4 Å². The average molecular weight is 185 g/mol. The highest BCUT2D eigenvalue weighted by molar-refractivity contribution is 5.70. The Morgan fingerprint density at radius 2 is 2.54 bits per heavy atom. The molecule has 0 aliphatic rings. The lowest BCUT2D eigenvalue weighted by Gasteiger charge is -2.01. The van der Waals surface area contributed by atoms with Crippen LogP contribution in [0.1, 0.15) is 12.7 Å². The molecule has 0 aliphatic heterocycles. The van der Waals surface area contributed by atoms with Crippen LogP contribution in [0.25, 0.3) is 0 Å². The third kappa shape index (κ3) is 3.66.